The van der Waals surface area contributed by atoms with Crippen LogP contribution in [-0.2, 0) is 35.1 Å². The molecule has 0 spiro atoms. The molecule has 2 amide bonds. The number of benzene rings is 3. The smallest absolute Gasteiger partial charge is 0.408 e. The number of nitrogens with zero attached hydrogens (tertiary/aromatic N) is 2. The van der Waals surface area contributed by atoms with Gasteiger partial charge in [-0.25, -0.2) is 14.6 Å². The van der Waals surface area contributed by atoms with E-state index < -0.39 is 46.0 Å². The number of carbonyl (C=O) groups excluding carboxylic acids is 4. The third-order valence-electron chi connectivity index (χ3n) is 9.34. The Morgan fingerprint density at radius 2 is 1.49 bits per heavy atom. The molecular weight excluding hydrogens is 801 g/mol. The monoisotopic (exact) mass is 854 g/mol. The molecule has 0 saturated heterocycles. The number of Topliss-reactive ketones (excluding diaryl/α,β-unsaturated/α-hetero) is 1. The number of esters is 1. The van der Waals surface area contributed by atoms with E-state index in [1.807, 2.05) is 55.3 Å². The van der Waals surface area contributed by atoms with Gasteiger partial charge in [-0.2, -0.15) is 0 Å². The van der Waals surface area contributed by atoms with Gasteiger partial charge in [0.25, 0.3) is 0 Å². The molecule has 0 saturated carbocycles. The zero-order chi connectivity index (χ0) is 42.6. The van der Waals surface area contributed by atoms with Gasteiger partial charge in [0, 0.05) is 17.6 Å². The number of ketones is 1. The molecule has 0 bridgehead atoms. The summed E-state index contributed by atoms with van der Waals surface area (Å²) >= 11 is 4.61. The second kappa shape index (κ2) is 20.5. The molecule has 0 aliphatic carbocycles. The average Bonchev–Trinajstić information content (AvgIpc) is 3.85. The summed E-state index contributed by atoms with van der Waals surface area (Å²) in [4.78, 5) is 61.3. The van der Waals surface area contributed by atoms with Crippen LogP contribution in [0, 0.1) is 5.92 Å². The Labute approximate surface area is 360 Å². The van der Waals surface area contributed by atoms with Gasteiger partial charge in [0.2, 0.25) is 5.91 Å². The molecule has 4 aromatic rings. The Morgan fingerprint density at radius 1 is 0.915 bits per heavy atom. The normalized spacial score (nSPS) is 16.6. The lowest BCUT2D eigenvalue weighted by molar-refractivity contribution is -0.153. The molecule has 1 aliphatic rings. The Kier molecular flexibility index (Phi) is 15.8. The fourth-order valence-electron chi connectivity index (χ4n) is 6.44. The maximum Gasteiger partial charge on any atom is 0.408 e. The van der Waals surface area contributed by atoms with Crippen molar-refractivity contribution in [1.29, 1.82) is 0 Å². The third-order valence-corrected chi connectivity index (χ3v) is 13.0. The van der Waals surface area contributed by atoms with Crippen LogP contribution in [0.3, 0.4) is 0 Å². The molecule has 1 unspecified atom stereocenters. The van der Waals surface area contributed by atoms with E-state index in [-0.39, 0.29) is 24.7 Å². The standard InChI is InChI=1S/C46H54N4O6S3/c1-31(2)39(49-42(53)45(7)30-58-40(50-45)37-29-57-38(48-37)28-47-43(54)56-44(4,5)6)41(52)55-36(27-32(3)51)25-17-18-26-59-46(33-19-11-8-12-20-33,34-21-13-9-14-22-34)35-23-15-10-16-24-35/h8-17,19-25,29,31,36,39H,18,26-28,30H2,1-7H3,(H,47,54)(H,49,53)/b25-17+/t36?,39-,45+/m1/s1. The number of amides is 2. The predicted molar refractivity (Wildman–Crippen MR) is 240 cm³/mol. The summed E-state index contributed by atoms with van der Waals surface area (Å²) in [5, 5.41) is 8.71. The zero-order valence-electron chi connectivity index (χ0n) is 34.7. The molecule has 3 atom stereocenters. The number of aliphatic imine (C=N–C) groups is 1. The molecule has 0 fully saturated rings. The van der Waals surface area contributed by atoms with Crippen molar-refractivity contribution in [2.75, 3.05) is 11.5 Å². The molecule has 2 N–H and O–H groups in total. The van der Waals surface area contributed by atoms with Gasteiger partial charge in [-0.1, -0.05) is 111 Å². The number of aromatic nitrogens is 1. The second-order valence-corrected chi connectivity index (χ2v) is 19.1. The minimum Gasteiger partial charge on any atom is -0.456 e. The van der Waals surface area contributed by atoms with Crippen LogP contribution < -0.4 is 10.6 Å². The van der Waals surface area contributed by atoms with Crippen LogP contribution >= 0.6 is 34.9 Å². The number of rotatable bonds is 18. The molecule has 3 aromatic carbocycles. The summed E-state index contributed by atoms with van der Waals surface area (Å²) in [7, 11) is 0. The Morgan fingerprint density at radius 3 is 2.02 bits per heavy atom. The van der Waals surface area contributed by atoms with Crippen molar-refractivity contribution in [3.05, 3.63) is 136 Å². The molecule has 5 rings (SSSR count). The lowest BCUT2D eigenvalue weighted by Crippen LogP contribution is -2.53. The van der Waals surface area contributed by atoms with Gasteiger partial charge in [-0.15, -0.1) is 34.9 Å². The van der Waals surface area contributed by atoms with Crippen molar-refractivity contribution in [3.8, 4) is 0 Å². The minimum absolute atomic E-state index is 0.0149. The third kappa shape index (κ3) is 12.4. The topological polar surface area (TPSA) is 136 Å². The molecule has 1 aliphatic heterocycles. The number of allylic oxidation sites excluding steroid dienone is 1. The molecule has 0 radical (unpaired) electrons. The van der Waals surface area contributed by atoms with Crippen LogP contribution in [0.25, 0.3) is 0 Å². The summed E-state index contributed by atoms with van der Waals surface area (Å²) in [6.45, 7) is 12.4. The van der Waals surface area contributed by atoms with Crippen molar-refractivity contribution in [1.82, 2.24) is 15.6 Å². The van der Waals surface area contributed by atoms with Gasteiger partial charge in [-0.05, 0) is 75.5 Å². The Bertz CT molecular complexity index is 2000. The molecular formula is C46H54N4O6S3. The van der Waals surface area contributed by atoms with Crippen LogP contribution in [-0.4, -0.2) is 68.6 Å². The fraction of sp³-hybridized carbons (Fsp3) is 0.391. The van der Waals surface area contributed by atoms with E-state index in [0.29, 0.717) is 27.9 Å². The van der Waals surface area contributed by atoms with Gasteiger partial charge < -0.3 is 20.1 Å². The van der Waals surface area contributed by atoms with Gasteiger partial charge in [-0.3, -0.25) is 14.6 Å². The number of thioether (sulfide) groups is 2. The number of hydrogen-bond donors (Lipinski definition) is 2. The number of ether oxygens (including phenoxy) is 2. The summed E-state index contributed by atoms with van der Waals surface area (Å²) in [6, 6.07) is 30.5. The largest absolute Gasteiger partial charge is 0.456 e. The van der Waals surface area contributed by atoms with Crippen molar-refractivity contribution in [3.63, 3.8) is 0 Å². The first-order valence-corrected chi connectivity index (χ1v) is 22.6. The maximum atomic E-state index is 13.8. The molecule has 59 heavy (non-hydrogen) atoms. The number of hydrogen-bond acceptors (Lipinski definition) is 11. The van der Waals surface area contributed by atoms with Gasteiger partial charge in [0.05, 0.1) is 11.3 Å². The van der Waals surface area contributed by atoms with Gasteiger partial charge >= 0.3 is 12.1 Å². The van der Waals surface area contributed by atoms with E-state index in [0.717, 1.165) is 5.75 Å². The highest BCUT2D eigenvalue weighted by Crippen LogP contribution is 2.48. The molecule has 13 heteroatoms. The van der Waals surface area contributed by atoms with Crippen LogP contribution in [0.5, 0.6) is 0 Å². The van der Waals surface area contributed by atoms with E-state index >= 15 is 0 Å². The maximum absolute atomic E-state index is 13.8. The van der Waals surface area contributed by atoms with Gasteiger partial charge in [0.15, 0.2) is 0 Å². The number of nitrogens with one attached hydrogen (secondary N) is 2. The van der Waals surface area contributed by atoms with Crippen LogP contribution in [0.15, 0.2) is 114 Å². The highest BCUT2D eigenvalue weighted by atomic mass is 32.2. The van der Waals surface area contributed by atoms with Crippen molar-refractivity contribution >= 4 is 63.7 Å². The van der Waals surface area contributed by atoms with Crippen LogP contribution in [0.2, 0.25) is 0 Å². The van der Waals surface area contributed by atoms with Crippen molar-refractivity contribution < 1.29 is 28.7 Å². The lowest BCUT2D eigenvalue weighted by Gasteiger charge is -2.35. The Hall–Kier alpha value is -4.72. The number of carbonyl (C=O) groups is 4. The highest BCUT2D eigenvalue weighted by molar-refractivity contribution is 8.14. The van der Waals surface area contributed by atoms with E-state index in [2.05, 4.69) is 88.4 Å². The van der Waals surface area contributed by atoms with Crippen LogP contribution in [0.1, 0.15) is 88.7 Å². The lowest BCUT2D eigenvalue weighted by atomic mass is 9.84. The van der Waals surface area contributed by atoms with E-state index in [9.17, 15) is 19.2 Å². The molecule has 10 nitrogen and oxygen atoms in total. The summed E-state index contributed by atoms with van der Waals surface area (Å²) < 4.78 is 10.8. The quantitative estimate of drug-likeness (QED) is 0.0435. The first kappa shape index (κ1) is 45.4. The minimum atomic E-state index is -1.16. The number of alkyl carbamates (subject to hydrolysis) is 1. The van der Waals surface area contributed by atoms with Gasteiger partial charge in [0.1, 0.15) is 44.8 Å². The average molecular weight is 855 g/mol. The van der Waals surface area contributed by atoms with E-state index in [4.69, 9.17) is 14.5 Å². The second-order valence-electron chi connectivity index (χ2n) is 15.9. The first-order valence-electron chi connectivity index (χ1n) is 19.7. The van der Waals surface area contributed by atoms with Crippen molar-refractivity contribution in [2.45, 2.75) is 95.9 Å². The number of thiazole rings is 1. The molecule has 312 valence electrons. The summed E-state index contributed by atoms with van der Waals surface area (Å²) in [6.07, 6.45) is 3.10. The zero-order valence-corrected chi connectivity index (χ0v) is 37.2. The van der Waals surface area contributed by atoms with E-state index in [1.54, 1.807) is 33.8 Å². The predicted octanol–water partition coefficient (Wildman–Crippen LogP) is 9.12. The highest BCUT2D eigenvalue weighted by Gasteiger charge is 2.42. The molecule has 1 aromatic heterocycles. The SMILES string of the molecule is CC(=O)CC(/C=C/CCSC(c1ccccc1)(c1ccccc1)c1ccccc1)OC(=O)[C@H](NC(=O)[C@]1(C)CSC(c2csc(CNC(=O)OC(C)(C)C)n2)=N1)C(C)C. The van der Waals surface area contributed by atoms with Crippen molar-refractivity contribution in [2.24, 2.45) is 10.9 Å². The first-order chi connectivity index (χ1) is 28.1. The van der Waals surface area contributed by atoms with Crippen LogP contribution in [0.4, 0.5) is 4.79 Å². The fourth-order valence-corrected chi connectivity index (χ4v) is 9.84. The molecule has 2 heterocycles. The van der Waals surface area contributed by atoms with E-state index in [1.165, 1.54) is 46.7 Å². The summed E-state index contributed by atoms with van der Waals surface area (Å²) in [5.74, 6) is -0.351. The Balaban J connectivity index is 1.23. The summed E-state index contributed by atoms with van der Waals surface area (Å²) in [5.41, 5.74) is 2.36.